The lowest BCUT2D eigenvalue weighted by molar-refractivity contribution is 0.411. The van der Waals surface area contributed by atoms with Gasteiger partial charge in [-0.3, -0.25) is 4.98 Å². The molecule has 0 aliphatic heterocycles. The normalized spacial score (nSPS) is 12.2. The number of benzene rings is 1. The number of aromatic nitrogens is 1. The average molecular weight is 321 g/mol. The van der Waals surface area contributed by atoms with Crippen LogP contribution >= 0.6 is 15.9 Å². The van der Waals surface area contributed by atoms with Crippen molar-refractivity contribution in [2.75, 3.05) is 7.11 Å². The Morgan fingerprint density at radius 3 is 2.63 bits per heavy atom. The first-order valence-corrected chi connectivity index (χ1v) is 6.95. The molecule has 2 aromatic rings. The van der Waals surface area contributed by atoms with E-state index in [0.717, 1.165) is 16.8 Å². The molecule has 4 heteroatoms. The highest BCUT2D eigenvalue weighted by molar-refractivity contribution is 9.10. The molecule has 1 aromatic heterocycles. The van der Waals surface area contributed by atoms with Crippen molar-refractivity contribution in [3.8, 4) is 5.75 Å². The van der Waals surface area contributed by atoms with Crippen LogP contribution in [0.4, 0.5) is 0 Å². The highest BCUT2D eigenvalue weighted by Gasteiger charge is 2.08. The zero-order valence-electron chi connectivity index (χ0n) is 11.1. The second-order valence-electron chi connectivity index (χ2n) is 4.35. The topological polar surface area (TPSA) is 34.1 Å². The second-order valence-corrected chi connectivity index (χ2v) is 5.21. The summed E-state index contributed by atoms with van der Waals surface area (Å²) in [6.07, 6.45) is 3.62. The summed E-state index contributed by atoms with van der Waals surface area (Å²) >= 11 is 3.51. The van der Waals surface area contributed by atoms with Crippen molar-refractivity contribution in [1.29, 1.82) is 0 Å². The van der Waals surface area contributed by atoms with E-state index in [1.807, 2.05) is 30.6 Å². The first kappa shape index (κ1) is 14.0. The van der Waals surface area contributed by atoms with Crippen LogP contribution in [0.2, 0.25) is 0 Å². The highest BCUT2D eigenvalue weighted by atomic mass is 79.9. The summed E-state index contributed by atoms with van der Waals surface area (Å²) in [6, 6.07) is 10.4. The Balaban J connectivity index is 2.00. The highest BCUT2D eigenvalue weighted by Crippen LogP contribution is 2.28. The summed E-state index contributed by atoms with van der Waals surface area (Å²) in [5.41, 5.74) is 2.45. The van der Waals surface area contributed by atoms with Gasteiger partial charge < -0.3 is 10.1 Å². The first-order valence-electron chi connectivity index (χ1n) is 6.16. The predicted octanol–water partition coefficient (Wildman–Crippen LogP) is 3.70. The Bertz CT molecular complexity index is 531. The number of hydrogen-bond donors (Lipinski definition) is 1. The maximum absolute atomic E-state index is 5.23. The van der Waals surface area contributed by atoms with E-state index in [9.17, 15) is 0 Å². The van der Waals surface area contributed by atoms with E-state index in [4.69, 9.17) is 4.74 Å². The zero-order chi connectivity index (χ0) is 13.7. The van der Waals surface area contributed by atoms with Crippen LogP contribution in [0.1, 0.15) is 24.1 Å². The Morgan fingerprint density at radius 2 is 2.00 bits per heavy atom. The third-order valence-electron chi connectivity index (χ3n) is 3.04. The average Bonchev–Trinajstić information content (AvgIpc) is 2.45. The van der Waals surface area contributed by atoms with E-state index >= 15 is 0 Å². The van der Waals surface area contributed by atoms with Crippen LogP contribution in [0, 0.1) is 0 Å². The molecule has 19 heavy (non-hydrogen) atoms. The standard InChI is InChI=1S/C15H17BrN2O/c1-11(18-10-12-5-7-17-8-6-12)13-3-4-15(19-2)14(16)9-13/h3-9,11,18H,10H2,1-2H3. The Hall–Kier alpha value is -1.39. The molecule has 1 unspecified atom stereocenters. The van der Waals surface area contributed by atoms with E-state index in [1.165, 1.54) is 11.1 Å². The lowest BCUT2D eigenvalue weighted by Crippen LogP contribution is -2.18. The van der Waals surface area contributed by atoms with Crippen molar-refractivity contribution in [2.24, 2.45) is 0 Å². The minimum Gasteiger partial charge on any atom is -0.496 e. The lowest BCUT2D eigenvalue weighted by Gasteiger charge is -2.15. The number of nitrogens with one attached hydrogen (secondary N) is 1. The Kier molecular flexibility index (Phi) is 4.93. The fourth-order valence-electron chi connectivity index (χ4n) is 1.84. The van der Waals surface area contributed by atoms with Gasteiger partial charge in [0.2, 0.25) is 0 Å². The molecule has 0 aliphatic carbocycles. The molecular weight excluding hydrogens is 304 g/mol. The predicted molar refractivity (Wildman–Crippen MR) is 80.2 cm³/mol. The molecule has 1 heterocycles. The van der Waals surface area contributed by atoms with E-state index < -0.39 is 0 Å². The fraction of sp³-hybridized carbons (Fsp3) is 0.267. The summed E-state index contributed by atoms with van der Waals surface area (Å²) < 4.78 is 6.21. The van der Waals surface area contributed by atoms with Crippen LogP contribution in [-0.2, 0) is 6.54 Å². The van der Waals surface area contributed by atoms with Gasteiger partial charge in [-0.1, -0.05) is 6.07 Å². The molecule has 0 saturated heterocycles. The van der Waals surface area contributed by atoms with Gasteiger partial charge in [-0.15, -0.1) is 0 Å². The summed E-state index contributed by atoms with van der Waals surface area (Å²) in [5.74, 6) is 0.852. The molecule has 1 N–H and O–H groups in total. The van der Waals surface area contributed by atoms with Gasteiger partial charge in [-0.2, -0.15) is 0 Å². The molecule has 0 bridgehead atoms. The minimum absolute atomic E-state index is 0.273. The number of hydrogen-bond acceptors (Lipinski definition) is 3. The van der Waals surface area contributed by atoms with Crippen molar-refractivity contribution in [2.45, 2.75) is 19.5 Å². The third kappa shape index (κ3) is 3.78. The molecule has 0 saturated carbocycles. The van der Waals surface area contributed by atoms with Crippen LogP contribution < -0.4 is 10.1 Å². The maximum atomic E-state index is 5.23. The molecule has 1 aromatic carbocycles. The largest absolute Gasteiger partial charge is 0.496 e. The summed E-state index contributed by atoms with van der Waals surface area (Å²) in [6.45, 7) is 2.97. The van der Waals surface area contributed by atoms with E-state index in [1.54, 1.807) is 7.11 Å². The molecule has 3 nitrogen and oxygen atoms in total. The Morgan fingerprint density at radius 1 is 1.26 bits per heavy atom. The number of pyridine rings is 1. The Labute approximate surface area is 122 Å². The number of halogens is 1. The number of nitrogens with zero attached hydrogens (tertiary/aromatic N) is 1. The molecule has 1 atom stereocenters. The zero-order valence-corrected chi connectivity index (χ0v) is 12.6. The first-order chi connectivity index (χ1) is 9.20. The maximum Gasteiger partial charge on any atom is 0.133 e. The van der Waals surface area contributed by atoms with Crippen LogP contribution in [0.15, 0.2) is 47.2 Å². The van der Waals surface area contributed by atoms with Gasteiger partial charge in [-0.05, 0) is 58.2 Å². The second kappa shape index (κ2) is 6.68. The summed E-state index contributed by atoms with van der Waals surface area (Å²) in [4.78, 5) is 4.01. The number of ether oxygens (including phenoxy) is 1. The monoisotopic (exact) mass is 320 g/mol. The van der Waals surface area contributed by atoms with Crippen LogP contribution in [-0.4, -0.2) is 12.1 Å². The smallest absolute Gasteiger partial charge is 0.133 e. The van der Waals surface area contributed by atoms with Gasteiger partial charge in [0.15, 0.2) is 0 Å². The number of methoxy groups -OCH3 is 1. The van der Waals surface area contributed by atoms with Crippen molar-refractivity contribution >= 4 is 15.9 Å². The molecule has 2 rings (SSSR count). The molecule has 0 spiro atoms. The fourth-order valence-corrected chi connectivity index (χ4v) is 2.40. The SMILES string of the molecule is COc1ccc(C(C)NCc2ccncc2)cc1Br. The van der Waals surface area contributed by atoms with Crippen molar-refractivity contribution < 1.29 is 4.74 Å². The van der Waals surface area contributed by atoms with Crippen LogP contribution in [0.3, 0.4) is 0 Å². The number of rotatable bonds is 5. The molecular formula is C15H17BrN2O. The third-order valence-corrected chi connectivity index (χ3v) is 3.66. The van der Waals surface area contributed by atoms with Gasteiger partial charge in [0.05, 0.1) is 11.6 Å². The van der Waals surface area contributed by atoms with Crippen molar-refractivity contribution in [1.82, 2.24) is 10.3 Å². The molecule has 0 aliphatic rings. The van der Waals surface area contributed by atoms with Crippen molar-refractivity contribution in [3.05, 3.63) is 58.3 Å². The molecule has 0 fully saturated rings. The minimum atomic E-state index is 0.273. The van der Waals surface area contributed by atoms with E-state index in [2.05, 4.69) is 45.3 Å². The van der Waals surface area contributed by atoms with Crippen molar-refractivity contribution in [3.63, 3.8) is 0 Å². The van der Waals surface area contributed by atoms with Crippen LogP contribution in [0.25, 0.3) is 0 Å². The lowest BCUT2D eigenvalue weighted by atomic mass is 10.1. The van der Waals surface area contributed by atoms with E-state index in [-0.39, 0.29) is 6.04 Å². The van der Waals surface area contributed by atoms with Gasteiger partial charge in [0.25, 0.3) is 0 Å². The molecule has 100 valence electrons. The van der Waals surface area contributed by atoms with Gasteiger partial charge in [0.1, 0.15) is 5.75 Å². The van der Waals surface area contributed by atoms with Crippen LogP contribution in [0.5, 0.6) is 5.75 Å². The van der Waals surface area contributed by atoms with Gasteiger partial charge in [0, 0.05) is 25.0 Å². The quantitative estimate of drug-likeness (QED) is 0.912. The van der Waals surface area contributed by atoms with Gasteiger partial charge in [-0.25, -0.2) is 0 Å². The molecule has 0 amide bonds. The van der Waals surface area contributed by atoms with E-state index in [0.29, 0.717) is 0 Å². The summed E-state index contributed by atoms with van der Waals surface area (Å²) in [5, 5.41) is 3.49. The molecule has 0 radical (unpaired) electrons. The van der Waals surface area contributed by atoms with Gasteiger partial charge >= 0.3 is 0 Å². The summed E-state index contributed by atoms with van der Waals surface area (Å²) in [7, 11) is 1.67.